The van der Waals surface area contributed by atoms with Gasteiger partial charge >= 0.3 is 0 Å². The van der Waals surface area contributed by atoms with E-state index in [1.165, 1.54) is 7.11 Å². The molecule has 0 aromatic heterocycles. The third-order valence-corrected chi connectivity index (χ3v) is 1.97. The van der Waals surface area contributed by atoms with Crippen LogP contribution in [0.4, 0.5) is 0 Å². The van der Waals surface area contributed by atoms with Crippen molar-refractivity contribution in [1.29, 1.82) is 0 Å². The fraction of sp³-hybridized carbons (Fsp3) is 0.333. The average molecular weight is 200 g/mol. The van der Waals surface area contributed by atoms with Gasteiger partial charge in [-0.15, -0.1) is 12.6 Å². The van der Waals surface area contributed by atoms with Crippen molar-refractivity contribution in [3.8, 4) is 11.5 Å². The Morgan fingerprint density at radius 2 is 2.00 bits per heavy atom. The fourth-order valence-electron chi connectivity index (χ4n) is 1.14. The van der Waals surface area contributed by atoms with E-state index in [-0.39, 0.29) is 6.61 Å². The molecule has 0 saturated heterocycles. The Morgan fingerprint density at radius 3 is 2.46 bits per heavy atom. The van der Waals surface area contributed by atoms with Gasteiger partial charge in [-0.05, 0) is 12.1 Å². The molecule has 0 spiro atoms. The zero-order valence-corrected chi connectivity index (χ0v) is 8.47. The quantitative estimate of drug-likeness (QED) is 0.726. The van der Waals surface area contributed by atoms with Crippen LogP contribution in [0.25, 0.3) is 0 Å². The van der Waals surface area contributed by atoms with Gasteiger partial charge in [-0.25, -0.2) is 0 Å². The summed E-state index contributed by atoms with van der Waals surface area (Å²) in [5.41, 5.74) is 0.673. The van der Waals surface area contributed by atoms with Gasteiger partial charge in [0.15, 0.2) is 11.5 Å². The van der Waals surface area contributed by atoms with Crippen LogP contribution >= 0.6 is 12.6 Å². The number of hydrogen-bond acceptors (Lipinski definition) is 4. The third-order valence-electron chi connectivity index (χ3n) is 1.71. The molecule has 1 aromatic rings. The highest BCUT2D eigenvalue weighted by molar-refractivity contribution is 7.80. The van der Waals surface area contributed by atoms with Gasteiger partial charge < -0.3 is 14.6 Å². The molecule has 0 aliphatic heterocycles. The normalized spacial score (nSPS) is 9.85. The first-order valence-corrected chi connectivity index (χ1v) is 4.22. The lowest BCUT2D eigenvalue weighted by Gasteiger charge is -2.11. The predicted octanol–water partition coefficient (Wildman–Crippen LogP) is 1.48. The molecule has 4 heteroatoms. The van der Waals surface area contributed by atoms with E-state index in [9.17, 15) is 0 Å². The first-order chi connectivity index (χ1) is 6.22. The third kappa shape index (κ3) is 2.08. The summed E-state index contributed by atoms with van der Waals surface area (Å²) in [4.78, 5) is 0.738. The molecule has 0 fully saturated rings. The maximum absolute atomic E-state index is 9.02. The summed E-state index contributed by atoms with van der Waals surface area (Å²) in [6.45, 7) is -0.0894. The van der Waals surface area contributed by atoms with Crippen molar-refractivity contribution in [1.82, 2.24) is 0 Å². The van der Waals surface area contributed by atoms with Crippen LogP contribution in [-0.2, 0) is 6.61 Å². The highest BCUT2D eigenvalue weighted by atomic mass is 32.1. The molecule has 1 aromatic carbocycles. The van der Waals surface area contributed by atoms with Crippen molar-refractivity contribution in [3.63, 3.8) is 0 Å². The molecule has 0 saturated carbocycles. The van der Waals surface area contributed by atoms with Gasteiger partial charge in [0.1, 0.15) is 0 Å². The summed E-state index contributed by atoms with van der Waals surface area (Å²) in [6.07, 6.45) is 0. The molecule has 1 N–H and O–H groups in total. The number of aliphatic hydroxyl groups excluding tert-OH is 1. The highest BCUT2D eigenvalue weighted by Gasteiger charge is 2.09. The van der Waals surface area contributed by atoms with Gasteiger partial charge in [0, 0.05) is 10.5 Å². The monoisotopic (exact) mass is 200 g/mol. The summed E-state index contributed by atoms with van der Waals surface area (Å²) in [6, 6.07) is 3.48. The van der Waals surface area contributed by atoms with E-state index in [1.54, 1.807) is 19.2 Å². The van der Waals surface area contributed by atoms with Crippen LogP contribution in [0, 0.1) is 0 Å². The first kappa shape index (κ1) is 10.2. The number of aliphatic hydroxyl groups is 1. The smallest absolute Gasteiger partial charge is 0.166 e. The second-order valence-electron chi connectivity index (χ2n) is 2.50. The van der Waals surface area contributed by atoms with Crippen molar-refractivity contribution >= 4 is 12.6 Å². The summed E-state index contributed by atoms with van der Waals surface area (Å²) >= 11 is 4.17. The molecular formula is C9H12O3S. The van der Waals surface area contributed by atoms with Gasteiger partial charge in [-0.2, -0.15) is 0 Å². The van der Waals surface area contributed by atoms with Crippen LogP contribution in [0.15, 0.2) is 17.0 Å². The maximum atomic E-state index is 9.02. The van der Waals surface area contributed by atoms with E-state index in [0.29, 0.717) is 17.1 Å². The van der Waals surface area contributed by atoms with E-state index in [2.05, 4.69) is 12.6 Å². The van der Waals surface area contributed by atoms with Crippen molar-refractivity contribution in [2.75, 3.05) is 14.2 Å². The lowest BCUT2D eigenvalue weighted by molar-refractivity contribution is 0.269. The predicted molar refractivity (Wildman–Crippen MR) is 52.7 cm³/mol. The number of hydrogen-bond donors (Lipinski definition) is 2. The molecule has 0 heterocycles. The molecule has 0 unspecified atom stereocenters. The lowest BCUT2D eigenvalue weighted by atomic mass is 10.2. The van der Waals surface area contributed by atoms with Crippen LogP contribution < -0.4 is 9.47 Å². The van der Waals surface area contributed by atoms with Crippen LogP contribution in [0.5, 0.6) is 11.5 Å². The number of rotatable bonds is 3. The molecular weight excluding hydrogens is 188 g/mol. The number of benzene rings is 1. The molecule has 0 aliphatic carbocycles. The minimum atomic E-state index is -0.0894. The zero-order valence-electron chi connectivity index (χ0n) is 7.57. The standard InChI is InChI=1S/C9H12O3S/c1-11-8-4-7(13)3-6(5-10)9(8)12-2/h3-4,10,13H,5H2,1-2H3. The van der Waals surface area contributed by atoms with Gasteiger partial charge in [0.2, 0.25) is 0 Å². The Hall–Kier alpha value is -0.870. The maximum Gasteiger partial charge on any atom is 0.166 e. The SMILES string of the molecule is COc1cc(S)cc(CO)c1OC. The Bertz CT molecular complexity index is 274. The molecule has 1 rings (SSSR count). The summed E-state index contributed by atoms with van der Waals surface area (Å²) in [7, 11) is 3.08. The largest absolute Gasteiger partial charge is 0.493 e. The van der Waals surface area contributed by atoms with Gasteiger partial charge in [-0.1, -0.05) is 0 Å². The van der Waals surface area contributed by atoms with Crippen LogP contribution in [0.2, 0.25) is 0 Å². The Labute approximate surface area is 82.7 Å². The van der Waals surface area contributed by atoms with Crippen LogP contribution in [-0.4, -0.2) is 19.3 Å². The average Bonchev–Trinajstić information content (AvgIpc) is 2.16. The Morgan fingerprint density at radius 1 is 1.31 bits per heavy atom. The van der Waals surface area contributed by atoms with Crippen molar-refractivity contribution in [2.45, 2.75) is 11.5 Å². The zero-order chi connectivity index (χ0) is 9.84. The number of thiol groups is 1. The Balaban J connectivity index is 3.25. The number of ether oxygens (including phenoxy) is 2. The van der Waals surface area contributed by atoms with Crippen molar-refractivity contribution in [2.24, 2.45) is 0 Å². The van der Waals surface area contributed by atoms with Crippen molar-refractivity contribution < 1.29 is 14.6 Å². The lowest BCUT2D eigenvalue weighted by Crippen LogP contribution is -1.96. The topological polar surface area (TPSA) is 38.7 Å². The molecule has 0 amide bonds. The molecule has 0 radical (unpaired) electrons. The van der Waals surface area contributed by atoms with Crippen LogP contribution in [0.1, 0.15) is 5.56 Å². The van der Waals surface area contributed by atoms with E-state index in [0.717, 1.165) is 4.90 Å². The summed E-state index contributed by atoms with van der Waals surface area (Å²) in [5.74, 6) is 1.14. The second-order valence-corrected chi connectivity index (χ2v) is 3.01. The molecule has 0 atom stereocenters. The van der Waals surface area contributed by atoms with Crippen LogP contribution in [0.3, 0.4) is 0 Å². The molecule has 72 valence electrons. The van der Waals surface area contributed by atoms with E-state index in [4.69, 9.17) is 14.6 Å². The molecule has 3 nitrogen and oxygen atoms in total. The van der Waals surface area contributed by atoms with E-state index >= 15 is 0 Å². The molecule has 13 heavy (non-hydrogen) atoms. The summed E-state index contributed by atoms with van der Waals surface area (Å²) < 4.78 is 10.2. The van der Waals surface area contributed by atoms with Gasteiger partial charge in [0.05, 0.1) is 20.8 Å². The minimum absolute atomic E-state index is 0.0894. The second kappa shape index (κ2) is 4.39. The minimum Gasteiger partial charge on any atom is -0.493 e. The highest BCUT2D eigenvalue weighted by Crippen LogP contribution is 2.33. The van der Waals surface area contributed by atoms with E-state index < -0.39 is 0 Å². The van der Waals surface area contributed by atoms with Gasteiger partial charge in [0.25, 0.3) is 0 Å². The van der Waals surface area contributed by atoms with Gasteiger partial charge in [-0.3, -0.25) is 0 Å². The summed E-state index contributed by atoms with van der Waals surface area (Å²) in [5, 5.41) is 9.02. The Kier molecular flexibility index (Phi) is 3.45. The van der Waals surface area contributed by atoms with E-state index in [1.807, 2.05) is 0 Å². The number of methoxy groups -OCH3 is 2. The van der Waals surface area contributed by atoms with Crippen molar-refractivity contribution in [3.05, 3.63) is 17.7 Å². The molecule has 0 bridgehead atoms. The fourth-order valence-corrected chi connectivity index (χ4v) is 1.42. The first-order valence-electron chi connectivity index (χ1n) is 3.77. The molecule has 0 aliphatic rings.